The van der Waals surface area contributed by atoms with Gasteiger partial charge in [0.05, 0.1) is 17.1 Å². The van der Waals surface area contributed by atoms with Crippen LogP contribution in [0.3, 0.4) is 0 Å². The summed E-state index contributed by atoms with van der Waals surface area (Å²) in [7, 11) is 3.25. The molecule has 7 heteroatoms. The molecule has 2 aromatic carbocycles. The number of fused-ring (bicyclic) bond motifs is 1. The molecule has 0 bridgehead atoms. The first-order chi connectivity index (χ1) is 16.4. The van der Waals surface area contributed by atoms with Crippen molar-refractivity contribution in [1.29, 1.82) is 0 Å². The van der Waals surface area contributed by atoms with Crippen LogP contribution in [0, 0.1) is 5.92 Å². The second-order valence-corrected chi connectivity index (χ2v) is 7.76. The van der Waals surface area contributed by atoms with E-state index >= 15 is 0 Å². The zero-order valence-corrected chi connectivity index (χ0v) is 21.1. The average Bonchev–Trinajstić information content (AvgIpc) is 3.29. The number of aromatic nitrogens is 4. The van der Waals surface area contributed by atoms with Crippen LogP contribution in [0.15, 0.2) is 67.1 Å². The molecule has 180 valence electrons. The number of imidazole rings is 1. The highest BCUT2D eigenvalue weighted by atomic mass is 16.4. The normalized spacial score (nSPS) is 11.2. The lowest BCUT2D eigenvalue weighted by molar-refractivity contribution is 0.0939. The van der Waals surface area contributed by atoms with Gasteiger partial charge >= 0.3 is 0 Å². The highest BCUT2D eigenvalue weighted by Gasteiger charge is 2.14. The van der Waals surface area contributed by atoms with Gasteiger partial charge in [0.1, 0.15) is 12.1 Å². The standard InChI is InChI=1S/C23H23N5O.C2H6O.C2H6/c1-15(2)22(29)18-9-10-20-19(13-18)25-14-28(20)21-11-12-24-23(27-21)26-16(3)17-7-5-4-6-8-17;1-3-2;1-2/h4-16H,1-3H3,(H,24,26,27);1-2H3;1-2H3/t16-;;/m0../s1. The summed E-state index contributed by atoms with van der Waals surface area (Å²) in [5, 5.41) is 3.34. The summed E-state index contributed by atoms with van der Waals surface area (Å²) >= 11 is 0. The lowest BCUT2D eigenvalue weighted by atomic mass is 10.0. The maximum Gasteiger partial charge on any atom is 0.225 e. The van der Waals surface area contributed by atoms with Gasteiger partial charge in [0.2, 0.25) is 5.95 Å². The maximum atomic E-state index is 12.3. The monoisotopic (exact) mass is 461 g/mol. The van der Waals surface area contributed by atoms with Crippen LogP contribution in [-0.4, -0.2) is 39.5 Å². The molecule has 0 aliphatic heterocycles. The molecular formula is C27H35N5O2. The Hall–Kier alpha value is -3.58. The van der Waals surface area contributed by atoms with Gasteiger partial charge in [0.25, 0.3) is 0 Å². The number of ether oxygens (including phenoxy) is 1. The zero-order chi connectivity index (χ0) is 25.1. The van der Waals surface area contributed by atoms with Crippen molar-refractivity contribution in [2.45, 2.75) is 40.7 Å². The molecule has 0 amide bonds. The summed E-state index contributed by atoms with van der Waals surface area (Å²) in [6, 6.07) is 17.7. The van der Waals surface area contributed by atoms with Crippen molar-refractivity contribution < 1.29 is 9.53 Å². The summed E-state index contributed by atoms with van der Waals surface area (Å²) < 4.78 is 6.15. The molecule has 2 heterocycles. The minimum atomic E-state index is -0.0448. The van der Waals surface area contributed by atoms with Gasteiger partial charge in [0, 0.05) is 31.9 Å². The van der Waals surface area contributed by atoms with E-state index in [1.165, 1.54) is 0 Å². The van der Waals surface area contributed by atoms with Gasteiger partial charge in [-0.3, -0.25) is 9.36 Å². The van der Waals surface area contributed by atoms with Crippen LogP contribution in [0.4, 0.5) is 5.95 Å². The number of hydrogen-bond acceptors (Lipinski definition) is 6. The Morgan fingerprint density at radius 2 is 1.65 bits per heavy atom. The first-order valence-electron chi connectivity index (χ1n) is 11.5. The van der Waals surface area contributed by atoms with Gasteiger partial charge in [0.15, 0.2) is 5.78 Å². The smallest absolute Gasteiger partial charge is 0.225 e. The molecule has 0 aliphatic carbocycles. The lowest BCUT2D eigenvalue weighted by Crippen LogP contribution is -2.10. The number of benzene rings is 2. The average molecular weight is 462 g/mol. The molecule has 4 rings (SSSR count). The third-order valence-electron chi connectivity index (χ3n) is 4.89. The minimum absolute atomic E-state index is 0.0448. The van der Waals surface area contributed by atoms with Crippen molar-refractivity contribution in [2.24, 2.45) is 5.92 Å². The Kier molecular flexibility index (Phi) is 10.4. The predicted octanol–water partition coefficient (Wildman–Crippen LogP) is 6.12. The van der Waals surface area contributed by atoms with Crippen molar-refractivity contribution in [3.05, 3.63) is 78.2 Å². The molecule has 0 saturated heterocycles. The predicted molar refractivity (Wildman–Crippen MR) is 139 cm³/mol. The van der Waals surface area contributed by atoms with E-state index in [2.05, 4.69) is 44.1 Å². The van der Waals surface area contributed by atoms with Crippen molar-refractivity contribution in [3.63, 3.8) is 0 Å². The van der Waals surface area contributed by atoms with Crippen LogP contribution in [0.25, 0.3) is 16.9 Å². The Bertz CT molecular complexity index is 1170. The molecule has 7 nitrogen and oxygen atoms in total. The van der Waals surface area contributed by atoms with E-state index in [0.717, 1.165) is 16.6 Å². The molecule has 34 heavy (non-hydrogen) atoms. The fourth-order valence-electron chi connectivity index (χ4n) is 3.25. The van der Waals surface area contributed by atoms with Gasteiger partial charge < -0.3 is 10.1 Å². The molecule has 0 radical (unpaired) electrons. The quantitative estimate of drug-likeness (QED) is 0.349. The van der Waals surface area contributed by atoms with Gasteiger partial charge in [-0.2, -0.15) is 4.98 Å². The van der Waals surface area contributed by atoms with Crippen LogP contribution >= 0.6 is 0 Å². The first-order valence-corrected chi connectivity index (χ1v) is 11.5. The number of carbonyl (C=O) groups is 1. The van der Waals surface area contributed by atoms with E-state index < -0.39 is 0 Å². The number of ketones is 1. The van der Waals surface area contributed by atoms with Crippen LogP contribution in [-0.2, 0) is 4.74 Å². The van der Waals surface area contributed by atoms with Crippen molar-refractivity contribution in [1.82, 2.24) is 19.5 Å². The summed E-state index contributed by atoms with van der Waals surface area (Å²) in [5.41, 5.74) is 3.50. The number of methoxy groups -OCH3 is 1. The second kappa shape index (κ2) is 13.2. The van der Waals surface area contributed by atoms with Gasteiger partial charge in [-0.25, -0.2) is 9.97 Å². The van der Waals surface area contributed by atoms with Gasteiger partial charge in [-0.15, -0.1) is 0 Å². The van der Waals surface area contributed by atoms with E-state index in [9.17, 15) is 4.79 Å². The van der Waals surface area contributed by atoms with Crippen molar-refractivity contribution >= 4 is 22.8 Å². The number of carbonyl (C=O) groups excluding carboxylic acids is 1. The molecule has 0 fully saturated rings. The Morgan fingerprint density at radius 3 is 2.29 bits per heavy atom. The number of nitrogens with zero attached hydrogens (tertiary/aromatic N) is 4. The number of nitrogens with one attached hydrogen (secondary N) is 1. The summed E-state index contributed by atoms with van der Waals surface area (Å²) in [6.45, 7) is 9.87. The number of hydrogen-bond donors (Lipinski definition) is 1. The molecule has 1 atom stereocenters. The highest BCUT2D eigenvalue weighted by molar-refractivity contribution is 6.00. The Balaban J connectivity index is 0.000000758. The SMILES string of the molecule is CC.CC(C)C(=O)c1ccc2c(c1)ncn2-c1ccnc(N[C@@H](C)c2ccccc2)n1.COC. The van der Waals surface area contributed by atoms with Gasteiger partial charge in [-0.1, -0.05) is 58.0 Å². The molecule has 4 aromatic rings. The van der Waals surface area contributed by atoms with Crippen LogP contribution in [0.1, 0.15) is 56.6 Å². The van der Waals surface area contributed by atoms with E-state index in [1.54, 1.807) is 26.7 Å². The summed E-state index contributed by atoms with van der Waals surface area (Å²) in [4.78, 5) is 25.7. The molecule has 0 aliphatic rings. The van der Waals surface area contributed by atoms with Crippen LogP contribution in [0.2, 0.25) is 0 Å². The largest absolute Gasteiger partial charge is 0.388 e. The third kappa shape index (κ3) is 6.71. The van der Waals surface area contributed by atoms with Crippen molar-refractivity contribution in [3.8, 4) is 5.82 Å². The molecular weight excluding hydrogens is 426 g/mol. The second-order valence-electron chi connectivity index (χ2n) is 7.76. The topological polar surface area (TPSA) is 81.9 Å². The Labute approximate surface area is 202 Å². The first kappa shape index (κ1) is 26.7. The summed E-state index contributed by atoms with van der Waals surface area (Å²) in [6.07, 6.45) is 3.45. The molecule has 0 spiro atoms. The highest BCUT2D eigenvalue weighted by Crippen LogP contribution is 2.21. The summed E-state index contributed by atoms with van der Waals surface area (Å²) in [5.74, 6) is 1.34. The van der Waals surface area contributed by atoms with Crippen LogP contribution < -0.4 is 5.32 Å². The molecule has 1 N–H and O–H groups in total. The minimum Gasteiger partial charge on any atom is -0.388 e. The molecule has 0 saturated carbocycles. The number of anilines is 1. The lowest BCUT2D eigenvalue weighted by Gasteiger charge is -2.14. The maximum absolute atomic E-state index is 12.3. The molecule has 0 unspecified atom stereocenters. The molecule has 2 aromatic heterocycles. The third-order valence-corrected chi connectivity index (χ3v) is 4.89. The van der Waals surface area contributed by atoms with E-state index in [1.807, 2.05) is 74.7 Å². The van der Waals surface area contributed by atoms with E-state index in [0.29, 0.717) is 17.3 Å². The van der Waals surface area contributed by atoms with Crippen LogP contribution in [0.5, 0.6) is 0 Å². The number of rotatable bonds is 6. The number of Topliss-reactive ketones (excluding diaryl/α,β-unsaturated/α-hetero) is 1. The zero-order valence-electron chi connectivity index (χ0n) is 21.1. The van der Waals surface area contributed by atoms with Crippen molar-refractivity contribution in [2.75, 3.05) is 19.5 Å². The fraction of sp³-hybridized carbons (Fsp3) is 0.333. The van der Waals surface area contributed by atoms with E-state index in [-0.39, 0.29) is 17.7 Å². The van der Waals surface area contributed by atoms with E-state index in [4.69, 9.17) is 0 Å². The fourth-order valence-corrected chi connectivity index (χ4v) is 3.25. The Morgan fingerprint density at radius 1 is 0.971 bits per heavy atom. The van der Waals surface area contributed by atoms with Gasteiger partial charge in [-0.05, 0) is 36.8 Å².